The van der Waals surface area contributed by atoms with E-state index in [0.717, 1.165) is 17.7 Å². The summed E-state index contributed by atoms with van der Waals surface area (Å²) >= 11 is 0. The Bertz CT molecular complexity index is 456. The van der Waals surface area contributed by atoms with Gasteiger partial charge in [0.15, 0.2) is 18.2 Å². The molecule has 0 saturated heterocycles. The fraction of sp³-hybridized carbons (Fsp3) is 0.333. The molecule has 1 aromatic rings. The number of rotatable bonds is 2. The van der Waals surface area contributed by atoms with E-state index in [0.29, 0.717) is 5.56 Å². The molecular weight excluding hydrogens is 204 g/mol. The van der Waals surface area contributed by atoms with Gasteiger partial charge in [0.05, 0.1) is 11.4 Å². The molecule has 0 saturated carbocycles. The number of hydrogen-bond donors (Lipinski definition) is 0. The first-order valence-electron chi connectivity index (χ1n) is 5.13. The van der Waals surface area contributed by atoms with Crippen LogP contribution in [0.25, 0.3) is 0 Å². The molecule has 0 radical (unpaired) electrons. The number of carbonyl (C=O) groups excluding carboxylic acids is 2. The molecule has 0 bridgehead atoms. The fourth-order valence-electron chi connectivity index (χ4n) is 2.19. The predicted octanol–water partition coefficient (Wildman–Crippen LogP) is 1.30. The second kappa shape index (κ2) is 3.63. The largest absolute Gasteiger partial charge is 0.347 e. The Kier molecular flexibility index (Phi) is 2.42. The molecule has 4 nitrogen and oxygen atoms in total. The van der Waals surface area contributed by atoms with Crippen LogP contribution in [0.2, 0.25) is 0 Å². The molecular formula is C12H14N2O2. The summed E-state index contributed by atoms with van der Waals surface area (Å²) in [6.45, 7) is 1.54. The lowest BCUT2D eigenvalue weighted by Crippen LogP contribution is -2.40. The van der Waals surface area contributed by atoms with Crippen LogP contribution in [0.1, 0.15) is 17.3 Å². The molecule has 84 valence electrons. The Balaban J connectivity index is 2.62. The van der Waals surface area contributed by atoms with E-state index in [1.165, 1.54) is 6.92 Å². The highest BCUT2D eigenvalue weighted by atomic mass is 16.1. The number of nitrogens with zero attached hydrogens (tertiary/aromatic N) is 2. The number of para-hydroxylation sites is 1. The molecule has 1 heterocycles. The molecule has 1 unspecified atom stereocenters. The maximum atomic E-state index is 11.5. The van der Waals surface area contributed by atoms with E-state index in [2.05, 4.69) is 0 Å². The van der Waals surface area contributed by atoms with Crippen molar-refractivity contribution < 1.29 is 9.59 Å². The van der Waals surface area contributed by atoms with Crippen molar-refractivity contribution in [3.8, 4) is 0 Å². The van der Waals surface area contributed by atoms with Crippen molar-refractivity contribution in [1.29, 1.82) is 0 Å². The first kappa shape index (κ1) is 10.7. The monoisotopic (exact) mass is 218 g/mol. The van der Waals surface area contributed by atoms with Crippen LogP contribution < -0.4 is 9.80 Å². The molecule has 1 aliphatic rings. The topological polar surface area (TPSA) is 40.6 Å². The summed E-state index contributed by atoms with van der Waals surface area (Å²) in [4.78, 5) is 26.2. The van der Waals surface area contributed by atoms with Gasteiger partial charge in [0, 0.05) is 19.7 Å². The Labute approximate surface area is 94.5 Å². The lowest BCUT2D eigenvalue weighted by atomic mass is 10.1. The Morgan fingerprint density at radius 1 is 1.31 bits per heavy atom. The quantitative estimate of drug-likeness (QED) is 0.554. The van der Waals surface area contributed by atoms with Crippen LogP contribution >= 0.6 is 0 Å². The predicted molar refractivity (Wildman–Crippen MR) is 63.1 cm³/mol. The number of Topliss-reactive ketones (excluding diaryl/α,β-unsaturated/α-hetero) is 1. The van der Waals surface area contributed by atoms with Crippen LogP contribution in [0.5, 0.6) is 0 Å². The molecule has 0 N–H and O–H groups in total. The van der Waals surface area contributed by atoms with Crippen LogP contribution in [0.3, 0.4) is 0 Å². The molecule has 0 amide bonds. The SMILES string of the molecule is CC(=O)c1cccc2c1N(C)C(C=O)N2C. The number of ketones is 1. The fourth-order valence-corrected chi connectivity index (χ4v) is 2.19. The number of hydrogen-bond acceptors (Lipinski definition) is 4. The van der Waals surface area contributed by atoms with Crippen molar-refractivity contribution in [1.82, 2.24) is 0 Å². The van der Waals surface area contributed by atoms with Gasteiger partial charge < -0.3 is 9.80 Å². The lowest BCUT2D eigenvalue weighted by Gasteiger charge is -2.22. The van der Waals surface area contributed by atoms with E-state index >= 15 is 0 Å². The summed E-state index contributed by atoms with van der Waals surface area (Å²) in [6.07, 6.45) is 0.555. The number of aldehydes is 1. The van der Waals surface area contributed by atoms with Gasteiger partial charge in [-0.25, -0.2) is 0 Å². The van der Waals surface area contributed by atoms with E-state index in [-0.39, 0.29) is 11.9 Å². The maximum absolute atomic E-state index is 11.5. The van der Waals surface area contributed by atoms with E-state index < -0.39 is 0 Å². The standard InChI is InChI=1S/C12H14N2O2/c1-8(16)9-5-4-6-10-12(9)14(3)11(7-15)13(10)2/h4-7,11H,1-3H3. The molecule has 1 aliphatic heterocycles. The first-order valence-corrected chi connectivity index (χ1v) is 5.13. The number of fused-ring (bicyclic) bond motifs is 1. The summed E-state index contributed by atoms with van der Waals surface area (Å²) in [5.41, 5.74) is 2.43. The normalized spacial score (nSPS) is 18.6. The van der Waals surface area contributed by atoms with Gasteiger partial charge in [0.25, 0.3) is 0 Å². The molecule has 0 aliphatic carbocycles. The number of anilines is 2. The van der Waals surface area contributed by atoms with E-state index in [1.54, 1.807) is 6.07 Å². The Hall–Kier alpha value is -1.84. The van der Waals surface area contributed by atoms with Crippen molar-refractivity contribution in [2.45, 2.75) is 13.1 Å². The molecule has 4 heteroatoms. The number of carbonyl (C=O) groups is 2. The lowest BCUT2D eigenvalue weighted by molar-refractivity contribution is -0.108. The van der Waals surface area contributed by atoms with E-state index in [9.17, 15) is 9.59 Å². The van der Waals surface area contributed by atoms with E-state index in [4.69, 9.17) is 0 Å². The Morgan fingerprint density at radius 2 is 2.00 bits per heavy atom. The second-order valence-electron chi connectivity index (χ2n) is 4.00. The van der Waals surface area contributed by atoms with Crippen LogP contribution in [-0.4, -0.2) is 32.3 Å². The van der Waals surface area contributed by atoms with Crippen molar-refractivity contribution in [3.05, 3.63) is 23.8 Å². The molecule has 1 aromatic carbocycles. The second-order valence-corrected chi connectivity index (χ2v) is 4.00. The zero-order valence-electron chi connectivity index (χ0n) is 9.60. The van der Waals surface area contributed by atoms with Gasteiger partial charge in [-0.15, -0.1) is 0 Å². The van der Waals surface area contributed by atoms with Gasteiger partial charge in [0.2, 0.25) is 0 Å². The third-order valence-electron chi connectivity index (χ3n) is 3.04. The summed E-state index contributed by atoms with van der Waals surface area (Å²) in [7, 11) is 3.68. The average Bonchev–Trinajstić information content (AvgIpc) is 2.51. The van der Waals surface area contributed by atoms with Gasteiger partial charge in [-0.2, -0.15) is 0 Å². The van der Waals surface area contributed by atoms with Crippen LogP contribution in [-0.2, 0) is 4.79 Å². The van der Waals surface area contributed by atoms with E-state index in [1.807, 2.05) is 36.0 Å². The highest BCUT2D eigenvalue weighted by Gasteiger charge is 2.33. The van der Waals surface area contributed by atoms with Crippen LogP contribution in [0, 0.1) is 0 Å². The number of benzene rings is 1. The van der Waals surface area contributed by atoms with Gasteiger partial charge in [-0.3, -0.25) is 9.59 Å². The minimum Gasteiger partial charge on any atom is -0.347 e. The highest BCUT2D eigenvalue weighted by molar-refractivity contribution is 6.05. The van der Waals surface area contributed by atoms with Gasteiger partial charge >= 0.3 is 0 Å². The molecule has 0 aromatic heterocycles. The number of likely N-dealkylation sites (N-methyl/N-ethyl adjacent to an activating group) is 2. The summed E-state index contributed by atoms with van der Waals surface area (Å²) in [5, 5.41) is 0. The zero-order chi connectivity index (χ0) is 11.9. The third kappa shape index (κ3) is 1.30. The molecule has 0 spiro atoms. The zero-order valence-corrected chi connectivity index (χ0v) is 9.60. The van der Waals surface area contributed by atoms with Crippen molar-refractivity contribution in [2.75, 3.05) is 23.9 Å². The Morgan fingerprint density at radius 3 is 2.56 bits per heavy atom. The average molecular weight is 218 g/mol. The minimum atomic E-state index is -0.324. The van der Waals surface area contributed by atoms with Gasteiger partial charge in [0.1, 0.15) is 0 Å². The van der Waals surface area contributed by atoms with Gasteiger partial charge in [-0.05, 0) is 19.1 Å². The van der Waals surface area contributed by atoms with Gasteiger partial charge in [-0.1, -0.05) is 6.07 Å². The van der Waals surface area contributed by atoms with Crippen LogP contribution in [0.15, 0.2) is 18.2 Å². The summed E-state index contributed by atoms with van der Waals surface area (Å²) in [5.74, 6) is 0.0173. The summed E-state index contributed by atoms with van der Waals surface area (Å²) in [6, 6.07) is 5.55. The van der Waals surface area contributed by atoms with Crippen molar-refractivity contribution in [2.24, 2.45) is 0 Å². The minimum absolute atomic E-state index is 0.0173. The molecule has 0 fully saturated rings. The first-order chi connectivity index (χ1) is 7.57. The molecule has 16 heavy (non-hydrogen) atoms. The maximum Gasteiger partial charge on any atom is 0.162 e. The third-order valence-corrected chi connectivity index (χ3v) is 3.04. The molecule has 1 atom stereocenters. The van der Waals surface area contributed by atoms with Crippen molar-refractivity contribution >= 4 is 23.4 Å². The van der Waals surface area contributed by atoms with Crippen molar-refractivity contribution in [3.63, 3.8) is 0 Å². The summed E-state index contributed by atoms with van der Waals surface area (Å²) < 4.78 is 0. The van der Waals surface area contributed by atoms with Crippen LogP contribution in [0.4, 0.5) is 11.4 Å². The smallest absolute Gasteiger partial charge is 0.162 e. The molecule has 2 rings (SSSR count). The highest BCUT2D eigenvalue weighted by Crippen LogP contribution is 2.39.